The Kier molecular flexibility index (Phi) is 10.9. The van der Waals surface area contributed by atoms with Crippen molar-refractivity contribution in [2.24, 2.45) is 16.7 Å². The van der Waals surface area contributed by atoms with Gasteiger partial charge in [-0.25, -0.2) is 9.97 Å². The molecule has 3 fully saturated rings. The summed E-state index contributed by atoms with van der Waals surface area (Å²) in [5.74, 6) is 0.232. The second-order valence-electron chi connectivity index (χ2n) is 14.8. The van der Waals surface area contributed by atoms with Gasteiger partial charge in [0.1, 0.15) is 5.78 Å². The highest BCUT2D eigenvalue weighted by atomic mass is 32.2. The van der Waals surface area contributed by atoms with Crippen LogP contribution in [0.5, 0.6) is 0 Å². The molecule has 2 aromatic carbocycles. The Morgan fingerprint density at radius 3 is 2.40 bits per heavy atom. The number of aryl methyl sites for hydroxylation is 1. The number of likely N-dealkylation sites (N-methyl/N-ethyl adjacent to an activating group) is 1. The van der Waals surface area contributed by atoms with Gasteiger partial charge in [0.05, 0.1) is 16.9 Å². The third-order valence-corrected chi connectivity index (χ3v) is 12.0. The molecule has 1 saturated heterocycles. The van der Waals surface area contributed by atoms with Gasteiger partial charge >= 0.3 is 0 Å². The Morgan fingerprint density at radius 1 is 1.02 bits per heavy atom. The summed E-state index contributed by atoms with van der Waals surface area (Å²) in [5.41, 5.74) is 4.96. The van der Waals surface area contributed by atoms with Crippen molar-refractivity contribution in [3.63, 3.8) is 0 Å². The number of rotatable bonds is 9. The first-order valence-corrected chi connectivity index (χ1v) is 19.2. The first-order valence-electron chi connectivity index (χ1n) is 17.6. The summed E-state index contributed by atoms with van der Waals surface area (Å²) in [6, 6.07) is 19.3. The van der Waals surface area contributed by atoms with Crippen LogP contribution in [0.3, 0.4) is 0 Å². The lowest BCUT2D eigenvalue weighted by atomic mass is 9.70. The molecule has 2 saturated carbocycles. The summed E-state index contributed by atoms with van der Waals surface area (Å²) in [6.07, 6.45) is 7.19. The van der Waals surface area contributed by atoms with Crippen molar-refractivity contribution in [1.82, 2.24) is 24.8 Å². The summed E-state index contributed by atoms with van der Waals surface area (Å²) in [6.45, 7) is 11.1. The number of pyridine rings is 1. The van der Waals surface area contributed by atoms with Crippen LogP contribution in [0, 0.1) is 23.7 Å². The van der Waals surface area contributed by atoms with Gasteiger partial charge in [0, 0.05) is 80.2 Å². The maximum Gasteiger partial charge on any atom is 0.265 e. The third-order valence-electron chi connectivity index (χ3n) is 11.1. The molecule has 1 amide bonds. The van der Waals surface area contributed by atoms with Crippen LogP contribution in [-0.2, 0) is 21.5 Å². The molecule has 2 aromatic heterocycles. The molecular weight excluding hydrogens is 679 g/mol. The van der Waals surface area contributed by atoms with E-state index in [1.54, 1.807) is 18.6 Å². The number of amides is 1. The maximum absolute atomic E-state index is 12.9. The number of benzene rings is 2. The number of anilines is 3. The van der Waals surface area contributed by atoms with Gasteiger partial charge in [-0.2, -0.15) is 8.42 Å². The topological polar surface area (TPSA) is 158 Å². The van der Waals surface area contributed by atoms with Crippen molar-refractivity contribution >= 4 is 39.1 Å². The highest BCUT2D eigenvalue weighted by molar-refractivity contribution is 7.85. The number of nitrogens with zero attached hydrogens (tertiary/aromatic N) is 5. The molecule has 3 aliphatic rings. The van der Waals surface area contributed by atoms with Crippen LogP contribution in [-0.4, -0.2) is 88.4 Å². The minimum atomic E-state index is -4.08. The van der Waals surface area contributed by atoms with Crippen molar-refractivity contribution in [3.05, 3.63) is 95.9 Å². The molecule has 1 unspecified atom stereocenters. The molecule has 2 atom stereocenters. The van der Waals surface area contributed by atoms with E-state index in [0.717, 1.165) is 61.7 Å². The molecule has 2 bridgehead atoms. The van der Waals surface area contributed by atoms with E-state index in [0.29, 0.717) is 30.0 Å². The fraction of sp³-hybridized carbons (Fsp3) is 0.410. The minimum absolute atomic E-state index is 0.0152. The zero-order valence-electron chi connectivity index (χ0n) is 30.2. The van der Waals surface area contributed by atoms with Crippen LogP contribution >= 0.6 is 0 Å². The van der Waals surface area contributed by atoms with E-state index in [1.807, 2.05) is 81.4 Å². The van der Waals surface area contributed by atoms with E-state index in [-0.39, 0.29) is 23.0 Å². The fourth-order valence-electron chi connectivity index (χ4n) is 7.70. The van der Waals surface area contributed by atoms with Gasteiger partial charge in [-0.3, -0.25) is 24.0 Å². The average Bonchev–Trinajstić information content (AvgIpc) is 3.45. The summed E-state index contributed by atoms with van der Waals surface area (Å²) in [4.78, 5) is 42.7. The summed E-state index contributed by atoms with van der Waals surface area (Å²) >= 11 is 0. The number of Topliss-reactive ketones (excluding diaryl/α,β-unsaturated/α-hetero) is 1. The summed E-state index contributed by atoms with van der Waals surface area (Å²) in [7, 11) is -1.92. The van der Waals surface area contributed by atoms with Gasteiger partial charge in [-0.15, -0.1) is 0 Å². The highest BCUT2D eigenvalue weighted by Crippen LogP contribution is 2.64. The molecule has 1 aliphatic heterocycles. The Bertz CT molecular complexity index is 2020. The molecule has 3 heterocycles. The molecule has 2 aliphatic carbocycles. The number of hydrogen-bond donors (Lipinski definition) is 3. The quantitative estimate of drug-likeness (QED) is 0.178. The predicted octanol–water partition coefficient (Wildman–Crippen LogP) is 5.86. The molecule has 3 N–H and O–H groups in total. The van der Waals surface area contributed by atoms with E-state index in [9.17, 15) is 18.0 Å². The lowest BCUT2D eigenvalue weighted by Gasteiger charge is -2.35. The van der Waals surface area contributed by atoms with E-state index < -0.39 is 21.3 Å². The van der Waals surface area contributed by atoms with Crippen molar-refractivity contribution in [3.8, 4) is 11.3 Å². The first-order chi connectivity index (χ1) is 24.7. The highest BCUT2D eigenvalue weighted by Gasteiger charge is 2.65. The number of carbonyl (C=O) groups excluding carboxylic acids is 2. The molecule has 0 spiro atoms. The first kappa shape index (κ1) is 37.2. The monoisotopic (exact) mass is 725 g/mol. The van der Waals surface area contributed by atoms with Crippen molar-refractivity contribution in [2.45, 2.75) is 46.6 Å². The van der Waals surface area contributed by atoms with Gasteiger partial charge in [-0.1, -0.05) is 32.0 Å². The van der Waals surface area contributed by atoms with Crippen LogP contribution < -0.4 is 10.6 Å². The number of piperazine rings is 1. The standard InChI is InChI=1S/C29H31N7O.C10H16O4S/c1-21-5-10-25(18-27(21)34-29-31-13-11-26(33-29)24-4-3-12-30-19-24)32-28(37)23-8-6-22(7-9-23)20-36-16-14-35(2)15-17-36;1-9(2)7-3-4-10(9,8(11)5-7)6-15(12,13)14/h3-13,18-19H,14-17,20H2,1-2H3,(H,32,37)(H,31,33,34);7H,3-6H2,1-2H3,(H,12,13,14)/t;7?,10-/m.1/s1. The van der Waals surface area contributed by atoms with Gasteiger partial charge in [0.25, 0.3) is 16.0 Å². The minimum Gasteiger partial charge on any atom is -0.324 e. The van der Waals surface area contributed by atoms with Gasteiger partial charge in [0.2, 0.25) is 5.95 Å². The van der Waals surface area contributed by atoms with Gasteiger partial charge in [0.15, 0.2) is 0 Å². The molecule has 274 valence electrons. The lowest BCUT2D eigenvalue weighted by Crippen LogP contribution is -2.43. The van der Waals surface area contributed by atoms with E-state index in [1.165, 1.54) is 5.56 Å². The predicted molar refractivity (Wildman–Crippen MR) is 202 cm³/mol. The molecular formula is C39H47N7O5S. The Hall–Kier alpha value is -4.56. The second-order valence-corrected chi connectivity index (χ2v) is 16.2. The number of fused-ring (bicyclic) bond motifs is 2. The van der Waals surface area contributed by atoms with E-state index >= 15 is 0 Å². The van der Waals surface area contributed by atoms with Crippen molar-refractivity contribution < 1.29 is 22.6 Å². The van der Waals surface area contributed by atoms with Crippen LogP contribution in [0.25, 0.3) is 11.3 Å². The number of nitrogens with one attached hydrogen (secondary N) is 2. The fourth-order valence-corrected chi connectivity index (χ4v) is 9.00. The zero-order valence-corrected chi connectivity index (χ0v) is 31.0. The number of carbonyl (C=O) groups is 2. The molecule has 0 radical (unpaired) electrons. The molecule has 52 heavy (non-hydrogen) atoms. The smallest absolute Gasteiger partial charge is 0.265 e. The summed E-state index contributed by atoms with van der Waals surface area (Å²) in [5, 5.41) is 6.29. The van der Waals surface area contributed by atoms with Gasteiger partial charge < -0.3 is 15.5 Å². The Balaban J connectivity index is 0.000000258. The Morgan fingerprint density at radius 2 is 1.77 bits per heavy atom. The van der Waals surface area contributed by atoms with Crippen molar-refractivity contribution in [2.75, 3.05) is 49.6 Å². The number of aromatic nitrogens is 3. The maximum atomic E-state index is 12.9. The number of ketones is 1. The third kappa shape index (κ3) is 8.39. The molecule has 12 nitrogen and oxygen atoms in total. The van der Waals surface area contributed by atoms with Gasteiger partial charge in [-0.05, 0) is 91.7 Å². The second kappa shape index (κ2) is 15.2. The average molecular weight is 726 g/mol. The van der Waals surface area contributed by atoms with Crippen molar-refractivity contribution in [1.29, 1.82) is 0 Å². The molecule has 13 heteroatoms. The zero-order chi connectivity index (χ0) is 37.1. The van der Waals surface area contributed by atoms with Crippen LogP contribution in [0.15, 0.2) is 79.3 Å². The number of hydrogen-bond acceptors (Lipinski definition) is 10. The molecule has 7 rings (SSSR count). The molecule has 4 aromatic rings. The van der Waals surface area contributed by atoms with Crippen LogP contribution in [0.2, 0.25) is 0 Å². The SMILES string of the molecule is CC1(C)C2CC[C@@]1(CS(=O)(=O)O)C(=O)C2.Cc1ccc(NC(=O)c2ccc(CN3CCN(C)CC3)cc2)cc1Nc1nccc(-c2cccnc2)n1. The van der Waals surface area contributed by atoms with Crippen LogP contribution in [0.1, 0.15) is 54.6 Å². The van der Waals surface area contributed by atoms with E-state index in [2.05, 4.69) is 42.4 Å². The Labute approximate surface area is 305 Å². The van der Waals surface area contributed by atoms with Crippen LogP contribution in [0.4, 0.5) is 17.3 Å². The normalized spacial score (nSPS) is 21.3. The largest absolute Gasteiger partial charge is 0.324 e. The lowest BCUT2D eigenvalue weighted by molar-refractivity contribution is -0.128. The van der Waals surface area contributed by atoms with E-state index in [4.69, 9.17) is 4.55 Å². The summed E-state index contributed by atoms with van der Waals surface area (Å²) < 4.78 is 31.0.